The molecular formula is C24H29N3O2. The summed E-state index contributed by atoms with van der Waals surface area (Å²) in [7, 11) is 1.77. The van der Waals surface area contributed by atoms with E-state index in [1.807, 2.05) is 35.2 Å². The fraction of sp³-hybridized carbons (Fsp3) is 0.417. The molecule has 0 bridgehead atoms. The maximum Gasteiger partial charge on any atom is 0.247 e. The monoisotopic (exact) mass is 391 g/mol. The van der Waals surface area contributed by atoms with Crippen LogP contribution in [0.4, 0.5) is 0 Å². The highest BCUT2D eigenvalue weighted by Gasteiger charge is 2.46. The van der Waals surface area contributed by atoms with E-state index in [1.165, 1.54) is 16.7 Å². The topological polar surface area (TPSA) is 43.9 Å². The highest BCUT2D eigenvalue weighted by Crippen LogP contribution is 2.24. The normalized spacial score (nSPS) is 22.7. The van der Waals surface area contributed by atoms with Crippen LogP contribution in [-0.2, 0) is 22.6 Å². The van der Waals surface area contributed by atoms with Crippen LogP contribution in [-0.4, -0.2) is 65.3 Å². The zero-order chi connectivity index (χ0) is 20.5. The van der Waals surface area contributed by atoms with Crippen LogP contribution in [0.3, 0.4) is 0 Å². The van der Waals surface area contributed by atoms with E-state index in [0.717, 1.165) is 18.7 Å². The molecule has 2 atom stereocenters. The van der Waals surface area contributed by atoms with Gasteiger partial charge in [-0.2, -0.15) is 0 Å². The van der Waals surface area contributed by atoms with Gasteiger partial charge in [-0.05, 0) is 30.5 Å². The van der Waals surface area contributed by atoms with Crippen molar-refractivity contribution >= 4 is 11.8 Å². The Kier molecular flexibility index (Phi) is 5.41. The van der Waals surface area contributed by atoms with Crippen LogP contribution in [0.2, 0.25) is 0 Å². The summed E-state index contributed by atoms with van der Waals surface area (Å²) in [5.41, 5.74) is 4.90. The first-order chi connectivity index (χ1) is 13.9. The maximum atomic E-state index is 13.2. The summed E-state index contributed by atoms with van der Waals surface area (Å²) < 4.78 is 0. The number of likely N-dealkylation sites (N-methyl/N-ethyl adjacent to an activating group) is 1. The molecule has 2 aliphatic rings. The fourth-order valence-electron chi connectivity index (χ4n) is 4.53. The molecular weight excluding hydrogens is 362 g/mol. The van der Waals surface area contributed by atoms with Gasteiger partial charge in [0.15, 0.2) is 0 Å². The standard InChI is InChI=1S/C24H29N3O2/c1-17-9-10-20(18(2)13-17)15-26-11-12-27-22(16-26)23(28)25(3)21(24(27)29)14-19-7-5-4-6-8-19/h4-10,13,21-22H,11-12,14-16H2,1-3H3/t21-,22+/m0/s1. The third-order valence-electron chi connectivity index (χ3n) is 6.30. The summed E-state index contributed by atoms with van der Waals surface area (Å²) >= 11 is 0. The van der Waals surface area contributed by atoms with Crippen LogP contribution >= 0.6 is 0 Å². The smallest absolute Gasteiger partial charge is 0.247 e. The van der Waals surface area contributed by atoms with Crippen LogP contribution in [0.5, 0.6) is 0 Å². The molecule has 2 saturated heterocycles. The van der Waals surface area contributed by atoms with E-state index < -0.39 is 6.04 Å². The zero-order valence-corrected chi connectivity index (χ0v) is 17.5. The Morgan fingerprint density at radius 1 is 0.966 bits per heavy atom. The van der Waals surface area contributed by atoms with Crippen molar-refractivity contribution in [2.75, 3.05) is 26.7 Å². The van der Waals surface area contributed by atoms with Crippen molar-refractivity contribution in [1.82, 2.24) is 14.7 Å². The molecule has 29 heavy (non-hydrogen) atoms. The predicted molar refractivity (Wildman–Crippen MR) is 113 cm³/mol. The number of aryl methyl sites for hydroxylation is 2. The lowest BCUT2D eigenvalue weighted by atomic mass is 9.96. The van der Waals surface area contributed by atoms with Gasteiger partial charge in [0.05, 0.1) is 0 Å². The molecule has 4 rings (SSSR count). The van der Waals surface area contributed by atoms with E-state index in [-0.39, 0.29) is 17.9 Å². The van der Waals surface area contributed by atoms with E-state index in [2.05, 4.69) is 36.9 Å². The van der Waals surface area contributed by atoms with E-state index in [1.54, 1.807) is 11.9 Å². The van der Waals surface area contributed by atoms with Crippen LogP contribution in [0.25, 0.3) is 0 Å². The van der Waals surface area contributed by atoms with E-state index in [0.29, 0.717) is 19.5 Å². The van der Waals surface area contributed by atoms with Gasteiger partial charge in [-0.3, -0.25) is 14.5 Å². The highest BCUT2D eigenvalue weighted by atomic mass is 16.2. The first-order valence-corrected chi connectivity index (χ1v) is 10.3. The van der Waals surface area contributed by atoms with E-state index in [9.17, 15) is 9.59 Å². The van der Waals surface area contributed by atoms with Crippen LogP contribution in [0.1, 0.15) is 22.3 Å². The lowest BCUT2D eigenvalue weighted by Gasteiger charge is -2.48. The van der Waals surface area contributed by atoms with Crippen molar-refractivity contribution in [2.24, 2.45) is 0 Å². The molecule has 2 heterocycles. The first kappa shape index (κ1) is 19.6. The number of rotatable bonds is 4. The molecule has 0 saturated carbocycles. The van der Waals surface area contributed by atoms with Crippen LogP contribution in [0, 0.1) is 13.8 Å². The maximum absolute atomic E-state index is 13.2. The molecule has 152 valence electrons. The van der Waals surface area contributed by atoms with Crippen molar-refractivity contribution in [1.29, 1.82) is 0 Å². The average molecular weight is 392 g/mol. The van der Waals surface area contributed by atoms with Crippen molar-refractivity contribution in [3.8, 4) is 0 Å². The third kappa shape index (κ3) is 3.92. The number of piperazine rings is 2. The van der Waals surface area contributed by atoms with Crippen molar-refractivity contribution in [3.05, 3.63) is 70.8 Å². The van der Waals surface area contributed by atoms with Gasteiger partial charge in [0, 0.05) is 39.6 Å². The Hall–Kier alpha value is -2.66. The van der Waals surface area contributed by atoms with Gasteiger partial charge < -0.3 is 9.80 Å². The Balaban J connectivity index is 1.47. The molecule has 0 spiro atoms. The molecule has 0 aromatic heterocycles. The highest BCUT2D eigenvalue weighted by molar-refractivity contribution is 5.97. The summed E-state index contributed by atoms with van der Waals surface area (Å²) in [6.07, 6.45) is 0.567. The number of nitrogens with zero attached hydrogens (tertiary/aromatic N) is 3. The van der Waals surface area contributed by atoms with E-state index >= 15 is 0 Å². The molecule has 2 fully saturated rings. The largest absolute Gasteiger partial charge is 0.332 e. The molecule has 0 N–H and O–H groups in total. The first-order valence-electron chi connectivity index (χ1n) is 10.3. The Labute approximate surface area is 172 Å². The quantitative estimate of drug-likeness (QED) is 0.804. The van der Waals surface area contributed by atoms with Gasteiger partial charge in [-0.25, -0.2) is 0 Å². The van der Waals surface area contributed by atoms with E-state index in [4.69, 9.17) is 0 Å². The summed E-state index contributed by atoms with van der Waals surface area (Å²) in [5.74, 6) is 0.128. The lowest BCUT2D eigenvalue weighted by Crippen LogP contribution is -2.69. The fourth-order valence-corrected chi connectivity index (χ4v) is 4.53. The molecule has 5 heteroatoms. The Bertz CT molecular complexity index is 912. The summed E-state index contributed by atoms with van der Waals surface area (Å²) in [4.78, 5) is 32.1. The molecule has 0 unspecified atom stereocenters. The van der Waals surface area contributed by atoms with Gasteiger partial charge in [0.25, 0.3) is 0 Å². The number of fused-ring (bicyclic) bond motifs is 1. The molecule has 0 aliphatic carbocycles. The third-order valence-corrected chi connectivity index (χ3v) is 6.30. The average Bonchev–Trinajstić information content (AvgIpc) is 2.72. The number of amides is 2. The number of hydrogen-bond donors (Lipinski definition) is 0. The Morgan fingerprint density at radius 3 is 2.45 bits per heavy atom. The lowest BCUT2D eigenvalue weighted by molar-refractivity contribution is -0.164. The predicted octanol–water partition coefficient (Wildman–Crippen LogP) is 2.40. The van der Waals surface area contributed by atoms with Gasteiger partial charge in [-0.1, -0.05) is 54.1 Å². The summed E-state index contributed by atoms with van der Waals surface area (Å²) in [6.45, 7) is 7.05. The van der Waals surface area contributed by atoms with Gasteiger partial charge in [0.1, 0.15) is 12.1 Å². The molecule has 0 radical (unpaired) electrons. The minimum Gasteiger partial charge on any atom is -0.332 e. The van der Waals surface area contributed by atoms with Gasteiger partial charge in [0.2, 0.25) is 11.8 Å². The second kappa shape index (κ2) is 7.99. The molecule has 5 nitrogen and oxygen atoms in total. The molecule has 2 amide bonds. The van der Waals surface area contributed by atoms with Crippen LogP contribution < -0.4 is 0 Å². The van der Waals surface area contributed by atoms with Crippen LogP contribution in [0.15, 0.2) is 48.5 Å². The number of carbonyl (C=O) groups is 2. The zero-order valence-electron chi connectivity index (χ0n) is 17.5. The number of carbonyl (C=O) groups excluding carboxylic acids is 2. The van der Waals surface area contributed by atoms with Crippen molar-refractivity contribution < 1.29 is 9.59 Å². The van der Waals surface area contributed by atoms with Gasteiger partial charge >= 0.3 is 0 Å². The van der Waals surface area contributed by atoms with Crippen molar-refractivity contribution in [2.45, 2.75) is 38.9 Å². The second-order valence-corrected chi connectivity index (χ2v) is 8.37. The second-order valence-electron chi connectivity index (χ2n) is 8.37. The van der Waals surface area contributed by atoms with Gasteiger partial charge in [-0.15, -0.1) is 0 Å². The molecule has 2 aliphatic heterocycles. The molecule has 2 aromatic rings. The summed E-state index contributed by atoms with van der Waals surface area (Å²) in [6, 6.07) is 15.7. The Morgan fingerprint density at radius 2 is 1.72 bits per heavy atom. The molecule has 2 aromatic carbocycles. The minimum absolute atomic E-state index is 0.0517. The number of hydrogen-bond acceptors (Lipinski definition) is 3. The number of benzene rings is 2. The summed E-state index contributed by atoms with van der Waals surface area (Å²) in [5, 5.41) is 0. The van der Waals surface area contributed by atoms with Crippen molar-refractivity contribution in [3.63, 3.8) is 0 Å². The SMILES string of the molecule is Cc1ccc(CN2CCN3C(=O)[C@H](Cc4ccccc4)N(C)C(=O)[C@H]3C2)c(C)c1. The minimum atomic E-state index is -0.410.